The molecule has 1 fully saturated rings. The predicted molar refractivity (Wildman–Crippen MR) is 119 cm³/mol. The third-order valence-corrected chi connectivity index (χ3v) is 7.52. The van der Waals surface area contributed by atoms with Gasteiger partial charge >= 0.3 is 11.9 Å². The summed E-state index contributed by atoms with van der Waals surface area (Å²) in [5.41, 5.74) is 2.39. The molecule has 0 spiro atoms. The number of benzene rings is 2. The van der Waals surface area contributed by atoms with E-state index in [0.29, 0.717) is 24.5 Å². The van der Waals surface area contributed by atoms with Crippen LogP contribution in [0.5, 0.6) is 11.5 Å². The van der Waals surface area contributed by atoms with Crippen LogP contribution in [0, 0.1) is 17.3 Å². The highest BCUT2D eigenvalue weighted by atomic mass is 16.5. The van der Waals surface area contributed by atoms with Gasteiger partial charge in [0.05, 0.1) is 12.5 Å². The van der Waals surface area contributed by atoms with Gasteiger partial charge < -0.3 is 19.7 Å². The van der Waals surface area contributed by atoms with Gasteiger partial charge in [0.1, 0.15) is 6.61 Å². The van der Waals surface area contributed by atoms with Crippen molar-refractivity contribution >= 4 is 11.9 Å². The molecule has 0 aliphatic heterocycles. The maximum absolute atomic E-state index is 12.1. The van der Waals surface area contributed by atoms with Crippen molar-refractivity contribution in [3.8, 4) is 11.5 Å². The lowest BCUT2D eigenvalue weighted by Gasteiger charge is -2.49. The molecule has 6 nitrogen and oxygen atoms in total. The van der Waals surface area contributed by atoms with Gasteiger partial charge in [-0.2, -0.15) is 0 Å². The Morgan fingerprint density at radius 1 is 1.09 bits per heavy atom. The van der Waals surface area contributed by atoms with E-state index >= 15 is 0 Å². The molecule has 0 heterocycles. The maximum Gasteiger partial charge on any atom is 0.309 e. The summed E-state index contributed by atoms with van der Waals surface area (Å²) in [4.78, 5) is 23.7. The van der Waals surface area contributed by atoms with E-state index in [1.807, 2.05) is 42.5 Å². The van der Waals surface area contributed by atoms with Gasteiger partial charge in [-0.1, -0.05) is 30.3 Å². The molecule has 6 heteroatoms. The number of carbonyl (C=O) groups is 2. The molecule has 4 rings (SSSR count). The van der Waals surface area contributed by atoms with E-state index in [2.05, 4.69) is 0 Å². The number of aliphatic carboxylic acids is 2. The largest absolute Gasteiger partial charge is 0.493 e. The molecule has 32 heavy (non-hydrogen) atoms. The SMILES string of the molecule is COc1cc2c(cc1OCc1ccccc1)CCC1C2CC[C@](C)(C(=O)O)[C@H]1CC(=O)O. The average Bonchev–Trinajstić information content (AvgIpc) is 2.78. The third kappa shape index (κ3) is 4.06. The van der Waals surface area contributed by atoms with Gasteiger partial charge in [-0.05, 0) is 79.2 Å². The van der Waals surface area contributed by atoms with Gasteiger partial charge in [-0.3, -0.25) is 9.59 Å². The highest BCUT2D eigenvalue weighted by Gasteiger charge is 2.52. The fraction of sp³-hybridized carbons (Fsp3) is 0.462. The second kappa shape index (κ2) is 8.85. The molecular weight excluding hydrogens is 408 g/mol. The van der Waals surface area contributed by atoms with E-state index in [9.17, 15) is 19.8 Å². The van der Waals surface area contributed by atoms with Crippen molar-refractivity contribution in [3.63, 3.8) is 0 Å². The van der Waals surface area contributed by atoms with Crippen molar-refractivity contribution in [2.45, 2.75) is 51.6 Å². The van der Waals surface area contributed by atoms with E-state index in [4.69, 9.17) is 9.47 Å². The van der Waals surface area contributed by atoms with Gasteiger partial charge in [0.2, 0.25) is 0 Å². The Hall–Kier alpha value is -3.02. The maximum atomic E-state index is 12.1. The fourth-order valence-corrected chi connectivity index (χ4v) is 5.74. The molecule has 1 saturated carbocycles. The standard InChI is InChI=1S/C26H30O6/c1-26(25(29)30)11-10-18-19(21(26)14-24(27)28)9-8-17-12-23(22(31-2)13-20(17)18)32-15-16-6-4-3-5-7-16/h3-7,12-13,18-19,21H,8-11,14-15H2,1-2H3,(H,27,28)(H,29,30)/t18?,19?,21-,26-/m0/s1. The number of carboxylic acid groups (broad SMARTS) is 2. The zero-order valence-corrected chi connectivity index (χ0v) is 18.5. The lowest BCUT2D eigenvalue weighted by Crippen LogP contribution is -2.47. The molecule has 0 saturated heterocycles. The number of carboxylic acids is 2. The summed E-state index contributed by atoms with van der Waals surface area (Å²) >= 11 is 0. The molecule has 4 atom stereocenters. The van der Waals surface area contributed by atoms with Crippen LogP contribution in [0.15, 0.2) is 42.5 Å². The van der Waals surface area contributed by atoms with Crippen LogP contribution in [0.2, 0.25) is 0 Å². The smallest absolute Gasteiger partial charge is 0.309 e. The Morgan fingerprint density at radius 2 is 1.84 bits per heavy atom. The van der Waals surface area contributed by atoms with Crippen LogP contribution in [0.3, 0.4) is 0 Å². The first-order chi connectivity index (χ1) is 15.3. The summed E-state index contributed by atoms with van der Waals surface area (Å²) in [5.74, 6) is -0.721. The van der Waals surface area contributed by atoms with Gasteiger partial charge in [-0.25, -0.2) is 0 Å². The molecule has 0 bridgehead atoms. The number of ether oxygens (including phenoxy) is 2. The molecule has 170 valence electrons. The Labute approximate surface area is 188 Å². The Kier molecular flexibility index (Phi) is 6.13. The van der Waals surface area contributed by atoms with Crippen molar-refractivity contribution in [3.05, 3.63) is 59.2 Å². The summed E-state index contributed by atoms with van der Waals surface area (Å²) in [5, 5.41) is 19.4. The van der Waals surface area contributed by atoms with Crippen LogP contribution in [0.4, 0.5) is 0 Å². The van der Waals surface area contributed by atoms with Crippen molar-refractivity contribution in [1.29, 1.82) is 0 Å². The van der Waals surface area contributed by atoms with E-state index in [1.54, 1.807) is 14.0 Å². The number of hydrogen-bond donors (Lipinski definition) is 2. The molecule has 0 amide bonds. The van der Waals surface area contributed by atoms with E-state index in [0.717, 1.165) is 30.4 Å². The molecular formula is C26H30O6. The first-order valence-corrected chi connectivity index (χ1v) is 11.2. The van der Waals surface area contributed by atoms with Gasteiger partial charge in [0.15, 0.2) is 11.5 Å². The van der Waals surface area contributed by atoms with Crippen LogP contribution >= 0.6 is 0 Å². The highest BCUT2D eigenvalue weighted by Crippen LogP contribution is 2.56. The first-order valence-electron chi connectivity index (χ1n) is 11.2. The van der Waals surface area contributed by atoms with Gasteiger partial charge in [0.25, 0.3) is 0 Å². The van der Waals surface area contributed by atoms with Gasteiger partial charge in [-0.15, -0.1) is 0 Å². The first kappa shape index (κ1) is 22.2. The average molecular weight is 439 g/mol. The van der Waals surface area contributed by atoms with Crippen LogP contribution in [-0.2, 0) is 22.6 Å². The third-order valence-electron chi connectivity index (χ3n) is 7.52. The summed E-state index contributed by atoms with van der Waals surface area (Å²) in [6, 6.07) is 14.0. The molecule has 2 aromatic carbocycles. The van der Waals surface area contributed by atoms with Crippen LogP contribution < -0.4 is 9.47 Å². The summed E-state index contributed by atoms with van der Waals surface area (Å²) in [7, 11) is 1.62. The Morgan fingerprint density at radius 3 is 2.50 bits per heavy atom. The van der Waals surface area contributed by atoms with E-state index in [-0.39, 0.29) is 18.3 Å². The summed E-state index contributed by atoms with van der Waals surface area (Å²) < 4.78 is 11.7. The minimum atomic E-state index is -1.01. The zero-order valence-electron chi connectivity index (χ0n) is 18.5. The Bertz CT molecular complexity index is 1000. The molecule has 0 aromatic heterocycles. The number of methoxy groups -OCH3 is 1. The summed E-state index contributed by atoms with van der Waals surface area (Å²) in [6.45, 7) is 2.16. The van der Waals surface area contributed by atoms with E-state index < -0.39 is 23.3 Å². The minimum absolute atomic E-state index is 0.0224. The molecule has 2 aliphatic rings. The number of hydrogen-bond acceptors (Lipinski definition) is 4. The van der Waals surface area contributed by atoms with Crippen molar-refractivity contribution in [2.75, 3.05) is 7.11 Å². The fourth-order valence-electron chi connectivity index (χ4n) is 5.74. The predicted octanol–water partition coefficient (Wildman–Crippen LogP) is 4.90. The topological polar surface area (TPSA) is 93.1 Å². The normalized spacial score (nSPS) is 26.5. The number of aryl methyl sites for hydroxylation is 1. The Balaban J connectivity index is 1.63. The second-order valence-corrected chi connectivity index (χ2v) is 9.25. The quantitative estimate of drug-likeness (QED) is 0.639. The molecule has 2 N–H and O–H groups in total. The van der Waals surface area contributed by atoms with Crippen molar-refractivity contribution in [1.82, 2.24) is 0 Å². The lowest BCUT2D eigenvalue weighted by molar-refractivity contribution is -0.159. The number of rotatable bonds is 7. The second-order valence-electron chi connectivity index (χ2n) is 9.25. The lowest BCUT2D eigenvalue weighted by atomic mass is 9.54. The molecule has 2 aliphatic carbocycles. The highest BCUT2D eigenvalue weighted by molar-refractivity contribution is 5.77. The minimum Gasteiger partial charge on any atom is -0.493 e. The van der Waals surface area contributed by atoms with Crippen LogP contribution in [-0.4, -0.2) is 29.3 Å². The van der Waals surface area contributed by atoms with Crippen LogP contribution in [0.25, 0.3) is 0 Å². The van der Waals surface area contributed by atoms with Crippen LogP contribution in [0.1, 0.15) is 55.2 Å². The molecule has 2 aromatic rings. The van der Waals surface area contributed by atoms with E-state index in [1.165, 1.54) is 5.56 Å². The monoisotopic (exact) mass is 438 g/mol. The van der Waals surface area contributed by atoms with Crippen molar-refractivity contribution in [2.24, 2.45) is 17.3 Å². The zero-order chi connectivity index (χ0) is 22.9. The van der Waals surface area contributed by atoms with Crippen molar-refractivity contribution < 1.29 is 29.3 Å². The van der Waals surface area contributed by atoms with Gasteiger partial charge in [0, 0.05) is 6.42 Å². The molecule has 0 radical (unpaired) electrons. The number of fused-ring (bicyclic) bond motifs is 3. The molecule has 2 unspecified atom stereocenters. The summed E-state index contributed by atoms with van der Waals surface area (Å²) in [6.07, 6.45) is 2.63.